The van der Waals surface area contributed by atoms with E-state index < -0.39 is 0 Å². The third-order valence-corrected chi connectivity index (χ3v) is 4.48. The maximum Gasteiger partial charge on any atom is 0.0808 e. The molecule has 18 heavy (non-hydrogen) atoms. The topological polar surface area (TPSA) is 30.5 Å². The van der Waals surface area contributed by atoms with Crippen molar-refractivity contribution in [1.82, 2.24) is 5.32 Å². The molecule has 0 aromatic carbocycles. The first-order valence-corrected chi connectivity index (χ1v) is 7.51. The molecule has 3 atom stereocenters. The second-order valence-electron chi connectivity index (χ2n) is 6.66. The van der Waals surface area contributed by atoms with Gasteiger partial charge in [-0.05, 0) is 51.0 Å². The smallest absolute Gasteiger partial charge is 0.0808 e. The second kappa shape index (κ2) is 6.36. The lowest BCUT2D eigenvalue weighted by Gasteiger charge is -2.41. The van der Waals surface area contributed by atoms with Crippen LogP contribution < -0.4 is 5.32 Å². The molecule has 2 rings (SSSR count). The molecule has 3 heteroatoms. The monoisotopic (exact) mass is 255 g/mol. The van der Waals surface area contributed by atoms with Gasteiger partial charge >= 0.3 is 0 Å². The number of nitrogens with one attached hydrogen (secondary N) is 1. The van der Waals surface area contributed by atoms with Crippen molar-refractivity contribution in [1.29, 1.82) is 0 Å². The average molecular weight is 255 g/mol. The maximum absolute atomic E-state index is 6.17. The van der Waals surface area contributed by atoms with Crippen LogP contribution in [-0.4, -0.2) is 38.5 Å². The largest absolute Gasteiger partial charge is 0.376 e. The Kier molecular flexibility index (Phi) is 5.05. The Morgan fingerprint density at radius 1 is 1.28 bits per heavy atom. The summed E-state index contributed by atoms with van der Waals surface area (Å²) >= 11 is 0. The first-order chi connectivity index (χ1) is 8.61. The highest BCUT2D eigenvalue weighted by molar-refractivity contribution is 4.89. The molecule has 1 saturated heterocycles. The predicted molar refractivity (Wildman–Crippen MR) is 73.8 cm³/mol. The Morgan fingerprint density at radius 2 is 2.11 bits per heavy atom. The van der Waals surface area contributed by atoms with E-state index in [1.807, 2.05) is 0 Å². The zero-order valence-electron chi connectivity index (χ0n) is 12.2. The molecule has 1 N–H and O–H groups in total. The van der Waals surface area contributed by atoms with E-state index in [1.54, 1.807) is 0 Å². The van der Waals surface area contributed by atoms with Gasteiger partial charge in [-0.25, -0.2) is 0 Å². The van der Waals surface area contributed by atoms with E-state index >= 15 is 0 Å². The lowest BCUT2D eigenvalue weighted by molar-refractivity contribution is -0.0893. The van der Waals surface area contributed by atoms with Crippen LogP contribution in [0.4, 0.5) is 0 Å². The first-order valence-electron chi connectivity index (χ1n) is 7.51. The number of hydrogen-bond acceptors (Lipinski definition) is 3. The third-order valence-electron chi connectivity index (χ3n) is 4.48. The van der Waals surface area contributed by atoms with Gasteiger partial charge in [0.05, 0.1) is 18.8 Å². The Hall–Kier alpha value is -0.120. The van der Waals surface area contributed by atoms with E-state index in [0.717, 1.165) is 19.6 Å². The molecule has 1 aliphatic heterocycles. The van der Waals surface area contributed by atoms with Crippen LogP contribution in [0.2, 0.25) is 0 Å². The van der Waals surface area contributed by atoms with Gasteiger partial charge in [-0.1, -0.05) is 13.8 Å². The summed E-state index contributed by atoms with van der Waals surface area (Å²) < 4.78 is 11.9. The normalized spacial score (nSPS) is 36.5. The summed E-state index contributed by atoms with van der Waals surface area (Å²) in [6.07, 6.45) is 8.03. The average Bonchev–Trinajstić information content (AvgIpc) is 2.37. The van der Waals surface area contributed by atoms with E-state index in [9.17, 15) is 0 Å². The first kappa shape index (κ1) is 14.3. The minimum absolute atomic E-state index is 0.335. The molecular weight excluding hydrogens is 226 g/mol. The maximum atomic E-state index is 6.17. The van der Waals surface area contributed by atoms with Gasteiger partial charge < -0.3 is 14.8 Å². The van der Waals surface area contributed by atoms with Crippen LogP contribution in [0.3, 0.4) is 0 Å². The number of likely N-dealkylation sites (N-methyl/N-ethyl adjacent to an activating group) is 1. The van der Waals surface area contributed by atoms with Crippen LogP contribution in [-0.2, 0) is 9.47 Å². The molecule has 1 saturated carbocycles. The van der Waals surface area contributed by atoms with Crippen LogP contribution in [0.25, 0.3) is 0 Å². The van der Waals surface area contributed by atoms with Crippen molar-refractivity contribution in [3.8, 4) is 0 Å². The van der Waals surface area contributed by atoms with Gasteiger partial charge in [-0.3, -0.25) is 0 Å². The molecule has 1 heterocycles. The summed E-state index contributed by atoms with van der Waals surface area (Å²) in [7, 11) is 2.05. The Labute approximate surface area is 112 Å². The highest BCUT2D eigenvalue weighted by Crippen LogP contribution is 2.36. The highest BCUT2D eigenvalue weighted by atomic mass is 16.5. The van der Waals surface area contributed by atoms with Gasteiger partial charge in [-0.2, -0.15) is 0 Å². The van der Waals surface area contributed by atoms with E-state index in [4.69, 9.17) is 9.47 Å². The Balaban J connectivity index is 1.80. The summed E-state index contributed by atoms with van der Waals surface area (Å²) in [5.74, 6) is 0. The minimum atomic E-state index is 0.335. The molecular formula is C15H29NO2. The van der Waals surface area contributed by atoms with Crippen LogP contribution in [0.15, 0.2) is 0 Å². The van der Waals surface area contributed by atoms with Crippen molar-refractivity contribution < 1.29 is 9.47 Å². The van der Waals surface area contributed by atoms with Crippen molar-refractivity contribution in [2.45, 2.75) is 70.6 Å². The van der Waals surface area contributed by atoms with E-state index in [1.165, 1.54) is 32.1 Å². The van der Waals surface area contributed by atoms with Crippen LogP contribution >= 0.6 is 0 Å². The number of hydrogen-bond donors (Lipinski definition) is 1. The highest BCUT2D eigenvalue weighted by Gasteiger charge is 2.35. The third kappa shape index (κ3) is 3.94. The van der Waals surface area contributed by atoms with Gasteiger partial charge in [0.15, 0.2) is 0 Å². The molecule has 0 amide bonds. The van der Waals surface area contributed by atoms with Gasteiger partial charge in [-0.15, -0.1) is 0 Å². The lowest BCUT2D eigenvalue weighted by atomic mass is 9.74. The molecule has 3 unspecified atom stereocenters. The van der Waals surface area contributed by atoms with Crippen LogP contribution in [0.1, 0.15) is 52.4 Å². The molecule has 3 nitrogen and oxygen atoms in total. The molecule has 0 aromatic heterocycles. The predicted octanol–water partition coefficient (Wildman–Crippen LogP) is 2.74. The van der Waals surface area contributed by atoms with Crippen molar-refractivity contribution in [2.75, 3.05) is 20.3 Å². The Morgan fingerprint density at radius 3 is 2.78 bits per heavy atom. The fraction of sp³-hybridized carbons (Fsp3) is 1.00. The minimum Gasteiger partial charge on any atom is -0.376 e. The molecule has 0 radical (unpaired) electrons. The summed E-state index contributed by atoms with van der Waals surface area (Å²) in [6.45, 7) is 6.40. The second-order valence-corrected chi connectivity index (χ2v) is 6.66. The summed E-state index contributed by atoms with van der Waals surface area (Å²) in [4.78, 5) is 0. The van der Waals surface area contributed by atoms with E-state index in [0.29, 0.717) is 23.7 Å². The van der Waals surface area contributed by atoms with E-state index in [2.05, 4.69) is 26.2 Å². The summed E-state index contributed by atoms with van der Waals surface area (Å²) in [5, 5.41) is 3.41. The van der Waals surface area contributed by atoms with Gasteiger partial charge in [0.1, 0.15) is 0 Å². The summed E-state index contributed by atoms with van der Waals surface area (Å²) in [6, 6.07) is 0.515. The number of ether oxygens (including phenoxy) is 2. The quantitative estimate of drug-likeness (QED) is 0.838. The van der Waals surface area contributed by atoms with Crippen molar-refractivity contribution in [3.05, 3.63) is 0 Å². The van der Waals surface area contributed by atoms with Crippen molar-refractivity contribution >= 4 is 0 Å². The number of rotatable bonds is 4. The fourth-order valence-electron chi connectivity index (χ4n) is 3.20. The summed E-state index contributed by atoms with van der Waals surface area (Å²) in [5.41, 5.74) is 0.422. The fourth-order valence-corrected chi connectivity index (χ4v) is 3.20. The molecule has 0 spiro atoms. The van der Waals surface area contributed by atoms with Crippen molar-refractivity contribution in [3.63, 3.8) is 0 Å². The van der Waals surface area contributed by atoms with Gasteiger partial charge in [0.25, 0.3) is 0 Å². The molecule has 0 aromatic rings. The zero-order valence-corrected chi connectivity index (χ0v) is 12.2. The van der Waals surface area contributed by atoms with Crippen molar-refractivity contribution in [2.24, 2.45) is 5.41 Å². The van der Waals surface area contributed by atoms with Gasteiger partial charge in [0.2, 0.25) is 0 Å². The van der Waals surface area contributed by atoms with Gasteiger partial charge in [0, 0.05) is 12.6 Å². The standard InChI is InChI=1S/C15H29NO2/c1-15(2)8-7-13(16-3)14(10-15)18-11-12-6-4-5-9-17-12/h12-14,16H,4-11H2,1-3H3. The molecule has 2 aliphatic rings. The zero-order chi connectivity index (χ0) is 13.0. The molecule has 2 fully saturated rings. The van der Waals surface area contributed by atoms with Crippen LogP contribution in [0.5, 0.6) is 0 Å². The molecule has 0 bridgehead atoms. The lowest BCUT2D eigenvalue weighted by Crippen LogP contribution is -2.47. The Bertz CT molecular complexity index is 249. The molecule has 1 aliphatic carbocycles. The SMILES string of the molecule is CNC1CCC(C)(C)CC1OCC1CCCCO1. The molecule has 106 valence electrons. The van der Waals surface area contributed by atoms with Crippen LogP contribution in [0, 0.1) is 5.41 Å². The van der Waals surface area contributed by atoms with E-state index in [-0.39, 0.29) is 0 Å².